The van der Waals surface area contributed by atoms with Gasteiger partial charge in [-0.05, 0) is 6.07 Å². The Bertz CT molecular complexity index is 302. The second-order valence-corrected chi connectivity index (χ2v) is 2.86. The molecule has 0 saturated carbocycles. The molecule has 0 aliphatic heterocycles. The zero-order valence-electron chi connectivity index (χ0n) is 8.81. The molecular formula is C11H14NO4. The molecule has 0 saturated heterocycles. The van der Waals surface area contributed by atoms with Gasteiger partial charge in [-0.15, -0.1) is 0 Å². The van der Waals surface area contributed by atoms with Crippen molar-refractivity contribution < 1.29 is 19.4 Å². The van der Waals surface area contributed by atoms with Gasteiger partial charge in [-0.1, -0.05) is 18.2 Å². The van der Waals surface area contributed by atoms with Crippen molar-refractivity contribution in [2.45, 2.75) is 0 Å². The number of hydrogen-bond donors (Lipinski definition) is 2. The standard InChI is InChI=1S/C11H14NO4/c13-7-6-12-11(14)16-9-8-15-10-4-2-1-3-5-10/h1-4,13H,6-9H2,(H,12,14). The minimum absolute atomic E-state index is 0.107. The number of amides is 1. The fraction of sp³-hybridized carbons (Fsp3) is 0.364. The lowest BCUT2D eigenvalue weighted by molar-refractivity contribution is 0.123. The van der Waals surface area contributed by atoms with E-state index >= 15 is 0 Å². The van der Waals surface area contributed by atoms with Gasteiger partial charge in [-0.25, -0.2) is 4.79 Å². The van der Waals surface area contributed by atoms with Crippen LogP contribution in [0, 0.1) is 6.07 Å². The fourth-order valence-corrected chi connectivity index (χ4v) is 0.962. The minimum Gasteiger partial charge on any atom is -0.489 e. The molecule has 0 heterocycles. The highest BCUT2D eigenvalue weighted by atomic mass is 16.6. The molecule has 0 spiro atoms. The van der Waals surface area contributed by atoms with E-state index in [1.807, 2.05) is 12.1 Å². The summed E-state index contributed by atoms with van der Waals surface area (Å²) in [7, 11) is 0. The second kappa shape index (κ2) is 7.53. The molecule has 0 bridgehead atoms. The van der Waals surface area contributed by atoms with Gasteiger partial charge in [0.05, 0.1) is 6.61 Å². The average molecular weight is 224 g/mol. The fourth-order valence-electron chi connectivity index (χ4n) is 0.962. The van der Waals surface area contributed by atoms with Gasteiger partial charge in [-0.3, -0.25) is 0 Å². The Morgan fingerprint density at radius 1 is 1.44 bits per heavy atom. The van der Waals surface area contributed by atoms with Gasteiger partial charge >= 0.3 is 6.09 Å². The van der Waals surface area contributed by atoms with E-state index in [2.05, 4.69) is 11.4 Å². The molecule has 0 fully saturated rings. The highest BCUT2D eigenvalue weighted by molar-refractivity contribution is 5.66. The largest absolute Gasteiger partial charge is 0.489 e. The lowest BCUT2D eigenvalue weighted by Crippen LogP contribution is -2.28. The molecule has 2 N–H and O–H groups in total. The predicted octanol–water partition coefficient (Wildman–Crippen LogP) is 0.584. The van der Waals surface area contributed by atoms with Crippen molar-refractivity contribution in [1.82, 2.24) is 5.32 Å². The van der Waals surface area contributed by atoms with Crippen LogP contribution in [0.3, 0.4) is 0 Å². The van der Waals surface area contributed by atoms with Gasteiger partial charge in [0.2, 0.25) is 0 Å². The molecule has 1 radical (unpaired) electrons. The predicted molar refractivity (Wildman–Crippen MR) is 57.2 cm³/mol. The number of alkyl carbamates (subject to hydrolysis) is 1. The summed E-state index contributed by atoms with van der Waals surface area (Å²) < 4.78 is 10.0. The van der Waals surface area contributed by atoms with Gasteiger partial charge in [0.1, 0.15) is 19.0 Å². The van der Waals surface area contributed by atoms with E-state index in [-0.39, 0.29) is 26.4 Å². The van der Waals surface area contributed by atoms with E-state index < -0.39 is 6.09 Å². The van der Waals surface area contributed by atoms with Crippen LogP contribution in [0.15, 0.2) is 24.3 Å². The Kier molecular flexibility index (Phi) is 5.80. The topological polar surface area (TPSA) is 67.8 Å². The maximum Gasteiger partial charge on any atom is 0.407 e. The van der Waals surface area contributed by atoms with Crippen molar-refractivity contribution in [2.75, 3.05) is 26.4 Å². The van der Waals surface area contributed by atoms with E-state index in [4.69, 9.17) is 14.6 Å². The normalized spacial score (nSPS) is 9.56. The number of aliphatic hydroxyl groups is 1. The summed E-state index contributed by atoms with van der Waals surface area (Å²) in [6.45, 7) is 0.504. The molecule has 1 rings (SSSR count). The molecule has 1 aromatic carbocycles. The van der Waals surface area contributed by atoms with Gasteiger partial charge in [-0.2, -0.15) is 0 Å². The van der Waals surface area contributed by atoms with Crippen molar-refractivity contribution in [3.05, 3.63) is 30.3 Å². The van der Waals surface area contributed by atoms with E-state index in [0.29, 0.717) is 5.75 Å². The third kappa shape index (κ3) is 5.21. The molecule has 0 aromatic heterocycles. The molecule has 0 atom stereocenters. The number of ether oxygens (including phenoxy) is 2. The monoisotopic (exact) mass is 224 g/mol. The number of carbonyl (C=O) groups excluding carboxylic acids is 1. The van der Waals surface area contributed by atoms with Crippen molar-refractivity contribution in [3.8, 4) is 5.75 Å². The lowest BCUT2D eigenvalue weighted by Gasteiger charge is -2.07. The maximum absolute atomic E-state index is 10.9. The zero-order chi connectivity index (χ0) is 11.6. The first-order chi connectivity index (χ1) is 7.83. The van der Waals surface area contributed by atoms with E-state index in [9.17, 15) is 4.79 Å². The number of para-hydroxylation sites is 1. The van der Waals surface area contributed by atoms with E-state index in [1.54, 1.807) is 12.1 Å². The Balaban J connectivity index is 2.06. The molecule has 16 heavy (non-hydrogen) atoms. The summed E-state index contributed by atoms with van der Waals surface area (Å²) >= 11 is 0. The molecule has 0 aliphatic carbocycles. The van der Waals surface area contributed by atoms with Gasteiger partial charge < -0.3 is 19.9 Å². The Morgan fingerprint density at radius 3 is 3.00 bits per heavy atom. The number of carbonyl (C=O) groups is 1. The molecular weight excluding hydrogens is 210 g/mol. The molecule has 5 nitrogen and oxygen atoms in total. The minimum atomic E-state index is -0.560. The van der Waals surface area contributed by atoms with Crippen LogP contribution in [0.1, 0.15) is 0 Å². The number of aliphatic hydroxyl groups excluding tert-OH is 1. The summed E-state index contributed by atoms with van der Waals surface area (Å²) in [6.07, 6.45) is -0.560. The number of rotatable bonds is 6. The van der Waals surface area contributed by atoms with Crippen LogP contribution in [0.25, 0.3) is 0 Å². The Hall–Kier alpha value is -1.75. The van der Waals surface area contributed by atoms with Gasteiger partial charge in [0.15, 0.2) is 0 Å². The number of hydrogen-bond acceptors (Lipinski definition) is 4. The second-order valence-electron chi connectivity index (χ2n) is 2.86. The van der Waals surface area contributed by atoms with Crippen LogP contribution in [-0.2, 0) is 4.74 Å². The Morgan fingerprint density at radius 2 is 2.31 bits per heavy atom. The zero-order valence-corrected chi connectivity index (χ0v) is 8.81. The molecule has 0 aliphatic rings. The Labute approximate surface area is 94.0 Å². The molecule has 87 valence electrons. The van der Waals surface area contributed by atoms with Crippen molar-refractivity contribution in [2.24, 2.45) is 0 Å². The maximum atomic E-state index is 10.9. The first-order valence-corrected chi connectivity index (χ1v) is 4.94. The molecule has 0 unspecified atom stereocenters. The highest BCUT2D eigenvalue weighted by Gasteiger charge is 1.99. The van der Waals surface area contributed by atoms with Crippen molar-refractivity contribution in [3.63, 3.8) is 0 Å². The molecule has 1 aromatic rings. The van der Waals surface area contributed by atoms with Crippen LogP contribution >= 0.6 is 0 Å². The van der Waals surface area contributed by atoms with Crippen LogP contribution in [0.2, 0.25) is 0 Å². The van der Waals surface area contributed by atoms with Crippen LogP contribution in [-0.4, -0.2) is 37.6 Å². The van der Waals surface area contributed by atoms with E-state index in [0.717, 1.165) is 0 Å². The third-order valence-corrected chi connectivity index (χ3v) is 1.64. The number of benzene rings is 1. The molecule has 5 heteroatoms. The average Bonchev–Trinajstić information content (AvgIpc) is 2.33. The van der Waals surface area contributed by atoms with Crippen LogP contribution in [0.5, 0.6) is 5.75 Å². The molecule has 1 amide bonds. The van der Waals surface area contributed by atoms with Crippen LogP contribution in [0.4, 0.5) is 4.79 Å². The first kappa shape index (κ1) is 12.3. The van der Waals surface area contributed by atoms with Crippen molar-refractivity contribution in [1.29, 1.82) is 0 Å². The lowest BCUT2D eigenvalue weighted by atomic mass is 10.3. The third-order valence-electron chi connectivity index (χ3n) is 1.64. The quantitative estimate of drug-likeness (QED) is 0.694. The van der Waals surface area contributed by atoms with E-state index in [1.165, 1.54) is 0 Å². The summed E-state index contributed by atoms with van der Waals surface area (Å²) in [4.78, 5) is 10.9. The summed E-state index contributed by atoms with van der Waals surface area (Å²) in [6, 6.07) is 10.1. The van der Waals surface area contributed by atoms with Gasteiger partial charge in [0, 0.05) is 12.6 Å². The van der Waals surface area contributed by atoms with Crippen LogP contribution < -0.4 is 10.1 Å². The summed E-state index contributed by atoms with van der Waals surface area (Å²) in [5.41, 5.74) is 0. The van der Waals surface area contributed by atoms with Gasteiger partial charge in [0.25, 0.3) is 0 Å². The summed E-state index contributed by atoms with van der Waals surface area (Å²) in [5.74, 6) is 0.613. The number of nitrogens with one attached hydrogen (secondary N) is 1. The first-order valence-electron chi connectivity index (χ1n) is 4.94. The highest BCUT2D eigenvalue weighted by Crippen LogP contribution is 2.06. The SMILES string of the molecule is O=C(NCCO)OCCOc1[c]cccc1. The summed E-state index contributed by atoms with van der Waals surface area (Å²) in [5, 5.41) is 10.8. The van der Waals surface area contributed by atoms with Crippen molar-refractivity contribution >= 4 is 6.09 Å². The smallest absolute Gasteiger partial charge is 0.407 e.